The molecule has 0 spiro atoms. The van der Waals surface area contributed by atoms with E-state index in [0.717, 1.165) is 40.0 Å². The van der Waals surface area contributed by atoms with E-state index in [1.807, 2.05) is 55.8 Å². The number of rotatable bonds is 8. The van der Waals surface area contributed by atoms with Gasteiger partial charge in [-0.2, -0.15) is 0 Å². The van der Waals surface area contributed by atoms with E-state index in [9.17, 15) is 9.59 Å². The van der Waals surface area contributed by atoms with Crippen LogP contribution in [0.2, 0.25) is 0 Å². The Morgan fingerprint density at radius 3 is 2.63 bits per heavy atom. The van der Waals surface area contributed by atoms with Crippen molar-refractivity contribution in [1.82, 2.24) is 15.1 Å². The van der Waals surface area contributed by atoms with Crippen LogP contribution in [0, 0.1) is 5.92 Å². The third-order valence-electron chi connectivity index (χ3n) is 6.60. The lowest BCUT2D eigenvalue weighted by Gasteiger charge is -2.30. The van der Waals surface area contributed by atoms with Gasteiger partial charge in [0.15, 0.2) is 0 Å². The number of nitrogens with one attached hydrogen (secondary N) is 2. The largest absolute Gasteiger partial charge is 0.496 e. The van der Waals surface area contributed by atoms with Crippen LogP contribution in [0.4, 0.5) is 10.5 Å². The van der Waals surface area contributed by atoms with Crippen molar-refractivity contribution < 1.29 is 19.1 Å². The highest BCUT2D eigenvalue weighted by Crippen LogP contribution is 2.40. The van der Waals surface area contributed by atoms with E-state index in [4.69, 9.17) is 9.47 Å². The van der Waals surface area contributed by atoms with Crippen molar-refractivity contribution in [1.29, 1.82) is 0 Å². The normalized spacial score (nSPS) is 16.1. The van der Waals surface area contributed by atoms with Crippen molar-refractivity contribution >= 4 is 28.8 Å². The zero-order valence-electron chi connectivity index (χ0n) is 22.9. The average molecular weight is 517 g/mol. The Bertz CT molecular complexity index is 1310. The Balaban J connectivity index is 1.66. The number of carbonyl (C=O) groups excluding carboxylic acids is 2. The lowest BCUT2D eigenvalue weighted by molar-refractivity contribution is 0.0828. The Morgan fingerprint density at radius 1 is 1.16 bits per heavy atom. The Morgan fingerprint density at radius 2 is 1.92 bits per heavy atom. The van der Waals surface area contributed by atoms with Gasteiger partial charge in [-0.25, -0.2) is 4.79 Å². The smallest absolute Gasteiger partial charge is 0.411 e. The van der Waals surface area contributed by atoms with Crippen LogP contribution in [0.25, 0.3) is 11.1 Å². The van der Waals surface area contributed by atoms with E-state index in [0.29, 0.717) is 23.8 Å². The maximum absolute atomic E-state index is 13.1. The average Bonchev–Trinajstić information content (AvgIpc) is 3.32. The summed E-state index contributed by atoms with van der Waals surface area (Å²) in [4.78, 5) is 29.1. The van der Waals surface area contributed by atoms with Crippen LogP contribution in [0.1, 0.15) is 41.8 Å². The number of nitrogens with zero attached hydrogens (tertiary/aromatic N) is 2. The summed E-state index contributed by atoms with van der Waals surface area (Å²) in [5.41, 5.74) is 5.77. The van der Waals surface area contributed by atoms with E-state index >= 15 is 0 Å². The van der Waals surface area contributed by atoms with Gasteiger partial charge in [0.1, 0.15) is 11.9 Å². The fourth-order valence-electron chi connectivity index (χ4n) is 4.52. The molecule has 2 N–H and O–H groups in total. The fraction of sp³-hybridized carbons (Fsp3) is 0.333. The number of fused-ring (bicyclic) bond motifs is 1. The highest BCUT2D eigenvalue weighted by molar-refractivity contribution is 6.03. The Hall–Kier alpha value is -4.20. The van der Waals surface area contributed by atoms with Crippen LogP contribution < -0.4 is 15.4 Å². The molecule has 0 bridgehead atoms. The number of allylic oxidation sites excluding steroid dienone is 2. The number of hydrogen-bond donors (Lipinski definition) is 2. The standard InChI is InChI=1S/C30H36N4O4/c1-19(2)13-14-38-30(36)32-26-12-11-20(15-24(26)29(35)33(3)4)21-16-23-25(17-31-28(23)34(5)18-21)22-9-7-8-10-27(22)37-6/h7-12,15-19,28,31H,13-14H2,1-6H3,(H,32,36). The Kier molecular flexibility index (Phi) is 8.10. The van der Waals surface area contributed by atoms with Gasteiger partial charge in [-0.15, -0.1) is 0 Å². The zero-order valence-corrected chi connectivity index (χ0v) is 22.9. The molecule has 0 radical (unpaired) electrons. The molecule has 1 atom stereocenters. The van der Waals surface area contributed by atoms with E-state index in [2.05, 4.69) is 35.5 Å². The maximum Gasteiger partial charge on any atom is 0.411 e. The second kappa shape index (κ2) is 11.5. The molecule has 0 saturated carbocycles. The predicted molar refractivity (Wildman–Crippen MR) is 151 cm³/mol. The van der Waals surface area contributed by atoms with Gasteiger partial charge in [-0.3, -0.25) is 10.1 Å². The first kappa shape index (κ1) is 26.9. The van der Waals surface area contributed by atoms with Gasteiger partial charge in [0.2, 0.25) is 0 Å². The van der Waals surface area contributed by atoms with E-state index < -0.39 is 6.09 Å². The molecule has 2 amide bonds. The number of benzene rings is 2. The van der Waals surface area contributed by atoms with Crippen molar-refractivity contribution in [2.24, 2.45) is 5.92 Å². The summed E-state index contributed by atoms with van der Waals surface area (Å²) in [7, 11) is 7.06. The van der Waals surface area contributed by atoms with Crippen molar-refractivity contribution in [3.8, 4) is 5.75 Å². The predicted octanol–water partition coefficient (Wildman–Crippen LogP) is 5.17. The molecular formula is C30H36N4O4. The number of anilines is 1. The van der Waals surface area contributed by atoms with Gasteiger partial charge >= 0.3 is 6.09 Å². The van der Waals surface area contributed by atoms with Crippen LogP contribution in [0.3, 0.4) is 0 Å². The number of methoxy groups -OCH3 is 1. The Labute approximate surface area is 224 Å². The summed E-state index contributed by atoms with van der Waals surface area (Å²) in [6.07, 6.45) is 6.38. The van der Waals surface area contributed by atoms with Crippen molar-refractivity contribution in [3.63, 3.8) is 0 Å². The molecule has 2 aromatic carbocycles. The highest BCUT2D eigenvalue weighted by atomic mass is 16.5. The topological polar surface area (TPSA) is 83.1 Å². The van der Waals surface area contributed by atoms with Gasteiger partial charge in [-0.1, -0.05) is 38.1 Å². The molecule has 200 valence electrons. The molecule has 0 saturated heterocycles. The maximum atomic E-state index is 13.1. The summed E-state index contributed by atoms with van der Waals surface area (Å²) >= 11 is 0. The van der Waals surface area contributed by atoms with Crippen LogP contribution in [0.15, 0.2) is 66.5 Å². The van der Waals surface area contributed by atoms with Gasteiger partial charge in [0.05, 0.1) is 25.0 Å². The minimum Gasteiger partial charge on any atom is -0.496 e. The van der Waals surface area contributed by atoms with Gasteiger partial charge in [0.25, 0.3) is 5.91 Å². The minimum absolute atomic E-state index is 0.0110. The molecule has 2 aromatic rings. The van der Waals surface area contributed by atoms with Gasteiger partial charge < -0.3 is 24.6 Å². The summed E-state index contributed by atoms with van der Waals surface area (Å²) < 4.78 is 10.9. The second-order valence-electron chi connectivity index (χ2n) is 10.1. The number of likely N-dealkylation sites (N-methyl/N-ethyl adjacent to an activating group) is 1. The zero-order chi connectivity index (χ0) is 27.4. The van der Waals surface area contributed by atoms with Crippen LogP contribution >= 0.6 is 0 Å². The molecule has 0 aliphatic carbocycles. The quantitative estimate of drug-likeness (QED) is 0.504. The van der Waals surface area contributed by atoms with Gasteiger partial charge in [-0.05, 0) is 47.8 Å². The number of carbonyl (C=O) groups is 2. The van der Waals surface area contributed by atoms with E-state index in [1.54, 1.807) is 27.3 Å². The number of amides is 2. The second-order valence-corrected chi connectivity index (χ2v) is 10.1. The first-order chi connectivity index (χ1) is 18.2. The molecule has 0 fully saturated rings. The van der Waals surface area contributed by atoms with E-state index in [-0.39, 0.29) is 12.1 Å². The lowest BCUT2D eigenvalue weighted by atomic mass is 9.91. The first-order valence-corrected chi connectivity index (χ1v) is 12.7. The summed E-state index contributed by atoms with van der Waals surface area (Å²) in [5, 5.41) is 6.20. The fourth-order valence-corrected chi connectivity index (χ4v) is 4.52. The summed E-state index contributed by atoms with van der Waals surface area (Å²) in [5.74, 6) is 1.02. The molecule has 2 aliphatic rings. The third-order valence-corrected chi connectivity index (χ3v) is 6.60. The summed E-state index contributed by atoms with van der Waals surface area (Å²) in [6, 6.07) is 13.4. The first-order valence-electron chi connectivity index (χ1n) is 12.7. The molecule has 8 heteroatoms. The minimum atomic E-state index is -0.573. The number of ether oxygens (including phenoxy) is 2. The van der Waals surface area contributed by atoms with Crippen molar-refractivity contribution in [3.05, 3.63) is 83.2 Å². The molecule has 1 unspecified atom stereocenters. The molecule has 38 heavy (non-hydrogen) atoms. The number of hydrogen-bond acceptors (Lipinski definition) is 6. The molecule has 8 nitrogen and oxygen atoms in total. The molecule has 4 rings (SSSR count). The van der Waals surface area contributed by atoms with Gasteiger partial charge in [0, 0.05) is 50.3 Å². The van der Waals surface area contributed by atoms with E-state index in [1.165, 1.54) is 4.90 Å². The van der Waals surface area contributed by atoms with Crippen molar-refractivity contribution in [2.75, 3.05) is 40.2 Å². The van der Waals surface area contributed by atoms with Crippen LogP contribution in [-0.4, -0.2) is 62.8 Å². The highest BCUT2D eigenvalue weighted by Gasteiger charge is 2.31. The lowest BCUT2D eigenvalue weighted by Crippen LogP contribution is -2.38. The molecule has 0 aromatic heterocycles. The molecular weight excluding hydrogens is 480 g/mol. The summed E-state index contributed by atoms with van der Waals surface area (Å²) in [6.45, 7) is 4.46. The monoisotopic (exact) mass is 516 g/mol. The SMILES string of the molecule is COc1ccccc1C1=CNC2C1=CC(c1ccc(NC(=O)OCCC(C)C)c(C(=O)N(C)C)c1)=CN2C. The number of para-hydroxylation sites is 1. The van der Waals surface area contributed by atoms with Crippen molar-refractivity contribution in [2.45, 2.75) is 26.4 Å². The van der Waals surface area contributed by atoms with Crippen LogP contribution in [0.5, 0.6) is 5.75 Å². The van der Waals surface area contributed by atoms with Crippen LogP contribution in [-0.2, 0) is 4.74 Å². The molecule has 2 heterocycles. The molecule has 2 aliphatic heterocycles. The third kappa shape index (κ3) is 5.69.